The molecule has 2 atom stereocenters. The second-order valence-corrected chi connectivity index (χ2v) is 7.22. The van der Waals surface area contributed by atoms with Gasteiger partial charge in [-0.05, 0) is 44.6 Å². The topological polar surface area (TPSA) is 92.2 Å². The number of hydrogen-bond donors (Lipinski definition) is 2. The number of aryl methyl sites for hydroxylation is 2. The number of amides is 1. The first-order valence-corrected chi connectivity index (χ1v) is 10.0. The lowest BCUT2D eigenvalue weighted by molar-refractivity contribution is -0.142. The number of carbonyl (C=O) groups is 2. The van der Waals surface area contributed by atoms with Crippen molar-refractivity contribution in [3.63, 3.8) is 0 Å². The number of hydrogen-bond acceptors (Lipinski definition) is 5. The number of nitrogens with one attached hydrogen (secondary N) is 1. The van der Waals surface area contributed by atoms with Crippen LogP contribution in [0.1, 0.15) is 41.9 Å². The molecule has 1 heterocycles. The first kappa shape index (κ1) is 20.9. The molecule has 7 heteroatoms. The molecule has 0 fully saturated rings. The minimum absolute atomic E-state index is 0.190. The van der Waals surface area contributed by atoms with Crippen LogP contribution in [0.3, 0.4) is 0 Å². The third kappa shape index (κ3) is 5.53. The summed E-state index contributed by atoms with van der Waals surface area (Å²) < 4.78 is 0. The van der Waals surface area contributed by atoms with Crippen molar-refractivity contribution in [2.45, 2.75) is 44.8 Å². The van der Waals surface area contributed by atoms with Crippen molar-refractivity contribution in [1.29, 1.82) is 0 Å². The summed E-state index contributed by atoms with van der Waals surface area (Å²) in [5.41, 5.74) is 3.49. The van der Waals surface area contributed by atoms with Crippen molar-refractivity contribution < 1.29 is 14.7 Å². The smallest absolute Gasteiger partial charge is 0.308 e. The average molecular weight is 388 g/mol. The van der Waals surface area contributed by atoms with Gasteiger partial charge < -0.3 is 10.4 Å². The summed E-state index contributed by atoms with van der Waals surface area (Å²) >= 11 is 1.49. The van der Waals surface area contributed by atoms with Crippen LogP contribution in [0.15, 0.2) is 35.5 Å². The molecule has 2 rings (SSSR count). The van der Waals surface area contributed by atoms with E-state index in [1.54, 1.807) is 6.92 Å². The lowest BCUT2D eigenvalue weighted by Crippen LogP contribution is -2.35. The zero-order chi connectivity index (χ0) is 20.0. The van der Waals surface area contributed by atoms with Crippen LogP contribution in [0, 0.1) is 19.8 Å². The normalized spacial score (nSPS) is 13.0. The molecule has 2 N–H and O–H groups in total. The van der Waals surface area contributed by atoms with Gasteiger partial charge in [0.15, 0.2) is 5.16 Å². The summed E-state index contributed by atoms with van der Waals surface area (Å²) in [5, 5.41) is 13.0. The Morgan fingerprint density at radius 1 is 1.15 bits per heavy atom. The van der Waals surface area contributed by atoms with Crippen LogP contribution >= 0.6 is 11.8 Å². The molecule has 0 saturated heterocycles. The van der Waals surface area contributed by atoms with E-state index in [4.69, 9.17) is 0 Å². The fourth-order valence-corrected chi connectivity index (χ4v) is 3.40. The third-order valence-electron chi connectivity index (χ3n) is 4.55. The molecule has 0 aliphatic carbocycles. The van der Waals surface area contributed by atoms with E-state index in [0.717, 1.165) is 27.7 Å². The van der Waals surface area contributed by atoms with E-state index in [-0.39, 0.29) is 12.3 Å². The third-order valence-corrected chi connectivity index (χ3v) is 5.10. The number of carbonyl (C=O) groups excluding carboxylic acids is 1. The van der Waals surface area contributed by atoms with Crippen LogP contribution in [0.5, 0.6) is 0 Å². The van der Waals surface area contributed by atoms with Gasteiger partial charge in [-0.15, -0.1) is 0 Å². The summed E-state index contributed by atoms with van der Waals surface area (Å²) in [4.78, 5) is 32.8. The van der Waals surface area contributed by atoms with Crippen molar-refractivity contribution in [3.8, 4) is 0 Å². The van der Waals surface area contributed by atoms with Gasteiger partial charge in [-0.3, -0.25) is 9.59 Å². The Balaban J connectivity index is 2.09. The number of carboxylic acids is 1. The van der Waals surface area contributed by atoms with Gasteiger partial charge in [0.1, 0.15) is 0 Å². The van der Waals surface area contributed by atoms with E-state index in [0.29, 0.717) is 6.42 Å². The maximum absolute atomic E-state index is 12.5. The van der Waals surface area contributed by atoms with Crippen molar-refractivity contribution >= 4 is 23.6 Å². The molecular weight excluding hydrogens is 362 g/mol. The summed E-state index contributed by atoms with van der Waals surface area (Å²) in [5.74, 6) is -1.87. The molecule has 1 aromatic heterocycles. The fourth-order valence-electron chi connectivity index (χ4n) is 2.95. The van der Waals surface area contributed by atoms with Crippen LogP contribution in [0.25, 0.3) is 0 Å². The summed E-state index contributed by atoms with van der Waals surface area (Å²) in [6.07, 6.45) is 2.69. The van der Waals surface area contributed by atoms with Gasteiger partial charge in [0.2, 0.25) is 5.91 Å². The first-order valence-electron chi connectivity index (χ1n) is 8.78. The van der Waals surface area contributed by atoms with Crippen molar-refractivity contribution in [1.82, 2.24) is 15.3 Å². The molecule has 0 aliphatic rings. The number of aromatic nitrogens is 2. The van der Waals surface area contributed by atoms with Crippen molar-refractivity contribution in [2.24, 2.45) is 5.92 Å². The summed E-state index contributed by atoms with van der Waals surface area (Å²) in [6, 6.07) is 8.60. The zero-order valence-electron chi connectivity index (χ0n) is 16.0. The molecule has 2 aromatic rings. The number of nitrogens with zero attached hydrogens (tertiary/aromatic N) is 2. The van der Waals surface area contributed by atoms with Gasteiger partial charge in [-0.2, -0.15) is 0 Å². The minimum Gasteiger partial charge on any atom is -0.481 e. The maximum atomic E-state index is 12.5. The van der Waals surface area contributed by atoms with E-state index in [2.05, 4.69) is 15.3 Å². The highest BCUT2D eigenvalue weighted by molar-refractivity contribution is 7.98. The Bertz CT molecular complexity index is 788. The summed E-state index contributed by atoms with van der Waals surface area (Å²) in [7, 11) is 0. The Morgan fingerprint density at radius 2 is 1.74 bits per heavy atom. The maximum Gasteiger partial charge on any atom is 0.308 e. The molecule has 1 aromatic carbocycles. The number of carboxylic acid groups (broad SMARTS) is 1. The predicted octanol–water partition coefficient (Wildman–Crippen LogP) is 3.33. The monoisotopic (exact) mass is 387 g/mol. The fraction of sp³-hybridized carbons (Fsp3) is 0.400. The van der Waals surface area contributed by atoms with Gasteiger partial charge in [-0.1, -0.05) is 42.1 Å². The molecule has 6 nitrogen and oxygen atoms in total. The predicted molar refractivity (Wildman–Crippen MR) is 106 cm³/mol. The molecule has 0 saturated carbocycles. The molecule has 0 radical (unpaired) electrons. The highest BCUT2D eigenvalue weighted by Gasteiger charge is 2.26. The second kappa shape index (κ2) is 9.50. The lowest BCUT2D eigenvalue weighted by atomic mass is 9.94. The molecule has 0 spiro atoms. The molecule has 144 valence electrons. The number of thioether (sulfide) groups is 1. The van der Waals surface area contributed by atoms with Crippen LogP contribution in [-0.2, 0) is 16.0 Å². The second-order valence-electron chi connectivity index (χ2n) is 6.44. The van der Waals surface area contributed by atoms with E-state index < -0.39 is 17.9 Å². The quantitative estimate of drug-likeness (QED) is 0.533. The average Bonchev–Trinajstić information content (AvgIpc) is 2.65. The summed E-state index contributed by atoms with van der Waals surface area (Å²) in [6.45, 7) is 5.44. The Kier molecular flexibility index (Phi) is 7.36. The highest BCUT2D eigenvalue weighted by Crippen LogP contribution is 2.23. The van der Waals surface area contributed by atoms with Crippen molar-refractivity contribution in [2.75, 3.05) is 6.26 Å². The SMILES string of the molecule is CSc1nc(C)c(CCC(=O)NC(c2ccccc2)C(C)C(=O)O)c(C)n1. The molecule has 27 heavy (non-hydrogen) atoms. The Labute approximate surface area is 163 Å². The minimum atomic E-state index is -0.947. The number of aliphatic carboxylic acids is 1. The lowest BCUT2D eigenvalue weighted by Gasteiger charge is -2.23. The van der Waals surface area contributed by atoms with Gasteiger partial charge >= 0.3 is 5.97 Å². The molecule has 0 aliphatic heterocycles. The number of benzene rings is 1. The van der Waals surface area contributed by atoms with Gasteiger partial charge in [-0.25, -0.2) is 9.97 Å². The van der Waals surface area contributed by atoms with Crippen LogP contribution in [0.4, 0.5) is 0 Å². The van der Waals surface area contributed by atoms with Crippen molar-refractivity contribution in [3.05, 3.63) is 52.8 Å². The molecule has 1 amide bonds. The zero-order valence-corrected chi connectivity index (χ0v) is 16.8. The Hall–Kier alpha value is -2.41. The molecule has 2 unspecified atom stereocenters. The van der Waals surface area contributed by atoms with E-state index in [1.165, 1.54) is 11.8 Å². The first-order chi connectivity index (χ1) is 12.8. The molecule has 0 bridgehead atoms. The van der Waals surface area contributed by atoms with E-state index in [9.17, 15) is 14.7 Å². The number of rotatable bonds is 8. The Morgan fingerprint density at radius 3 is 2.26 bits per heavy atom. The van der Waals surface area contributed by atoms with E-state index >= 15 is 0 Å². The van der Waals surface area contributed by atoms with Crippen LogP contribution < -0.4 is 5.32 Å². The standard InChI is InChI=1S/C20H25N3O3S/c1-12(19(25)26)18(15-8-6-5-7-9-15)23-17(24)11-10-16-13(2)21-20(27-4)22-14(16)3/h5-9,12,18H,10-11H2,1-4H3,(H,23,24)(H,25,26). The van der Waals surface area contributed by atoms with E-state index in [1.807, 2.05) is 50.4 Å². The molecular formula is C20H25N3O3S. The van der Waals surface area contributed by atoms with Gasteiger partial charge in [0.05, 0.1) is 12.0 Å². The van der Waals surface area contributed by atoms with Crippen LogP contribution in [-0.4, -0.2) is 33.2 Å². The van der Waals surface area contributed by atoms with Crippen LogP contribution in [0.2, 0.25) is 0 Å². The van der Waals surface area contributed by atoms with Gasteiger partial charge in [0, 0.05) is 17.8 Å². The largest absolute Gasteiger partial charge is 0.481 e. The van der Waals surface area contributed by atoms with Gasteiger partial charge in [0.25, 0.3) is 0 Å². The highest BCUT2D eigenvalue weighted by atomic mass is 32.2.